The van der Waals surface area contributed by atoms with Gasteiger partial charge in [0.15, 0.2) is 11.5 Å². The van der Waals surface area contributed by atoms with E-state index >= 15 is 0 Å². The normalized spacial score (nSPS) is 14.5. The molecule has 0 saturated heterocycles. The zero-order chi connectivity index (χ0) is 19.9. The second-order valence-electron chi connectivity index (χ2n) is 7.75. The van der Waals surface area contributed by atoms with E-state index < -0.39 is 8.32 Å². The zero-order valence-electron chi connectivity index (χ0n) is 17.4. The minimum atomic E-state index is -2.11. The number of hydrogen-bond donors (Lipinski definition) is 0. The molecule has 3 nitrogen and oxygen atoms in total. The Balaban J connectivity index is 2.40. The quantitative estimate of drug-likeness (QED) is 0.397. The lowest BCUT2D eigenvalue weighted by Gasteiger charge is -2.35. The lowest BCUT2D eigenvalue weighted by atomic mass is 9.89. The van der Waals surface area contributed by atoms with Crippen LogP contribution < -0.4 is 0 Å². The monoisotopic (exact) mass is 386 g/mol. The highest BCUT2D eigenvalue weighted by Gasteiger charge is 2.40. The molecule has 0 unspecified atom stereocenters. The Morgan fingerprint density at radius 1 is 0.778 bits per heavy atom. The summed E-state index contributed by atoms with van der Waals surface area (Å²) in [5.74, 6) is 0.169. The fourth-order valence-corrected chi connectivity index (χ4v) is 8.57. The summed E-state index contributed by atoms with van der Waals surface area (Å²) in [6.45, 7) is 8.36. The molecule has 1 aliphatic carbocycles. The molecule has 1 aromatic carbocycles. The van der Waals surface area contributed by atoms with Gasteiger partial charge in [0.05, 0.1) is 0 Å². The van der Waals surface area contributed by atoms with Gasteiger partial charge in [0.2, 0.25) is 5.78 Å². The molecule has 1 aliphatic rings. The lowest BCUT2D eigenvalue weighted by Crippen LogP contribution is -2.40. The highest BCUT2D eigenvalue weighted by atomic mass is 28.4. The average Bonchev–Trinajstić information content (AvgIpc) is 2.70. The summed E-state index contributed by atoms with van der Waals surface area (Å²) in [6, 6.07) is 10.3. The molecule has 0 saturated carbocycles. The third-order valence-corrected chi connectivity index (χ3v) is 10.0. The van der Waals surface area contributed by atoms with Crippen molar-refractivity contribution in [1.29, 1.82) is 0 Å². The van der Waals surface area contributed by atoms with Crippen LogP contribution in [0.2, 0.25) is 18.1 Å². The second-order valence-corrected chi connectivity index (χ2v) is 11.8. The smallest absolute Gasteiger partial charge is 0.251 e. The minimum Gasteiger partial charge on any atom is -0.541 e. The van der Waals surface area contributed by atoms with Gasteiger partial charge in [-0.25, -0.2) is 0 Å². The molecule has 0 bridgehead atoms. The second kappa shape index (κ2) is 10.0. The van der Waals surface area contributed by atoms with Crippen molar-refractivity contribution >= 4 is 19.9 Å². The van der Waals surface area contributed by atoms with Crippen molar-refractivity contribution in [2.24, 2.45) is 0 Å². The number of unbranched alkanes of at least 4 members (excludes halogenated alkanes) is 3. The van der Waals surface area contributed by atoms with E-state index in [2.05, 4.69) is 20.8 Å². The van der Waals surface area contributed by atoms with Crippen LogP contribution in [0.25, 0.3) is 0 Å². The Morgan fingerprint density at radius 3 is 1.67 bits per heavy atom. The van der Waals surface area contributed by atoms with E-state index in [0.717, 1.165) is 56.7 Å². The number of Topliss-reactive ketones (excluding diaryl/α,β-unsaturated/α-hetero) is 2. The van der Waals surface area contributed by atoms with E-state index in [1.165, 1.54) is 0 Å². The Hall–Kier alpha value is -1.68. The van der Waals surface area contributed by atoms with Crippen LogP contribution in [0.5, 0.6) is 0 Å². The van der Waals surface area contributed by atoms with Crippen molar-refractivity contribution in [3.05, 3.63) is 46.7 Å². The lowest BCUT2D eigenvalue weighted by molar-refractivity contribution is 0.0933. The van der Waals surface area contributed by atoms with Gasteiger partial charge < -0.3 is 4.43 Å². The van der Waals surface area contributed by atoms with Crippen molar-refractivity contribution in [2.45, 2.75) is 84.4 Å². The van der Waals surface area contributed by atoms with Crippen molar-refractivity contribution in [1.82, 2.24) is 0 Å². The number of allylic oxidation sites excluding steroid dienone is 2. The van der Waals surface area contributed by atoms with Gasteiger partial charge in [-0.1, -0.05) is 83.6 Å². The Kier molecular flexibility index (Phi) is 8.02. The predicted molar refractivity (Wildman–Crippen MR) is 114 cm³/mol. The van der Waals surface area contributed by atoms with Crippen LogP contribution in [0.3, 0.4) is 0 Å². The average molecular weight is 387 g/mol. The minimum absolute atomic E-state index is 0.0652. The summed E-state index contributed by atoms with van der Waals surface area (Å²) in [5.41, 5.74) is 1.49. The van der Waals surface area contributed by atoms with Crippen LogP contribution in [0.1, 0.15) is 86.9 Å². The molecule has 0 fully saturated rings. The van der Waals surface area contributed by atoms with Crippen LogP contribution in [-0.4, -0.2) is 19.9 Å². The van der Waals surface area contributed by atoms with Crippen molar-refractivity contribution in [2.75, 3.05) is 0 Å². The van der Waals surface area contributed by atoms with Gasteiger partial charge >= 0.3 is 0 Å². The third kappa shape index (κ3) is 4.98. The Morgan fingerprint density at radius 2 is 1.22 bits per heavy atom. The van der Waals surface area contributed by atoms with Gasteiger partial charge in [0, 0.05) is 16.7 Å². The van der Waals surface area contributed by atoms with E-state index in [1.807, 2.05) is 12.1 Å². The molecule has 27 heavy (non-hydrogen) atoms. The van der Waals surface area contributed by atoms with E-state index in [9.17, 15) is 9.59 Å². The molecule has 4 heteroatoms. The molecule has 0 spiro atoms. The number of benzene rings is 1. The van der Waals surface area contributed by atoms with E-state index in [-0.39, 0.29) is 11.6 Å². The molecule has 0 heterocycles. The summed E-state index contributed by atoms with van der Waals surface area (Å²) in [6.07, 6.45) is 6.78. The maximum absolute atomic E-state index is 13.2. The molecule has 0 atom stereocenters. The summed E-state index contributed by atoms with van der Waals surface area (Å²) < 4.78 is 6.69. The van der Waals surface area contributed by atoms with E-state index in [1.54, 1.807) is 19.1 Å². The van der Waals surface area contributed by atoms with E-state index in [0.29, 0.717) is 22.5 Å². The van der Waals surface area contributed by atoms with Crippen molar-refractivity contribution in [3.8, 4) is 0 Å². The topological polar surface area (TPSA) is 43.4 Å². The standard InChI is InChI=1S/C23H34O3Si/c1-5-8-15-27(16-9-6-2,17-10-7-3)26-23-18(4)21(24)19-13-11-12-14-20(19)22(23)25/h11-14H,5-10,15-17H2,1-4H3. The molecular formula is C23H34O3Si. The number of ketones is 2. The Labute approximate surface area is 165 Å². The summed E-state index contributed by atoms with van der Waals surface area (Å²) in [7, 11) is -2.11. The van der Waals surface area contributed by atoms with Gasteiger partial charge in [0.25, 0.3) is 8.32 Å². The number of rotatable bonds is 11. The molecule has 2 rings (SSSR count). The van der Waals surface area contributed by atoms with Gasteiger partial charge in [-0.15, -0.1) is 0 Å². The van der Waals surface area contributed by atoms with Gasteiger partial charge in [-0.2, -0.15) is 0 Å². The van der Waals surface area contributed by atoms with Crippen molar-refractivity contribution < 1.29 is 14.0 Å². The summed E-state index contributed by atoms with van der Waals surface area (Å²) >= 11 is 0. The maximum atomic E-state index is 13.2. The molecule has 148 valence electrons. The van der Waals surface area contributed by atoms with Crippen LogP contribution in [0.15, 0.2) is 35.6 Å². The maximum Gasteiger partial charge on any atom is 0.251 e. The van der Waals surface area contributed by atoms with Gasteiger partial charge in [-0.05, 0) is 25.1 Å². The number of hydrogen-bond acceptors (Lipinski definition) is 3. The molecular weight excluding hydrogens is 352 g/mol. The SMILES string of the molecule is CCCC[Si](CCCC)(CCCC)OC1=C(C)C(=O)c2ccccc2C1=O. The zero-order valence-corrected chi connectivity index (χ0v) is 18.4. The highest BCUT2D eigenvalue weighted by molar-refractivity contribution is 6.74. The molecule has 0 N–H and O–H groups in total. The van der Waals surface area contributed by atoms with Crippen LogP contribution in [0, 0.1) is 0 Å². The fraction of sp³-hybridized carbons (Fsp3) is 0.565. The van der Waals surface area contributed by atoms with Crippen LogP contribution in [-0.2, 0) is 4.43 Å². The van der Waals surface area contributed by atoms with Crippen molar-refractivity contribution in [3.63, 3.8) is 0 Å². The first-order valence-corrected chi connectivity index (χ1v) is 13.1. The first-order chi connectivity index (χ1) is 13.0. The first-order valence-electron chi connectivity index (χ1n) is 10.6. The van der Waals surface area contributed by atoms with E-state index in [4.69, 9.17) is 4.43 Å². The van der Waals surface area contributed by atoms with Gasteiger partial charge in [-0.3, -0.25) is 9.59 Å². The first kappa shape index (κ1) is 21.6. The molecule has 0 radical (unpaired) electrons. The molecule has 1 aromatic rings. The summed E-state index contributed by atoms with van der Waals surface area (Å²) in [4.78, 5) is 26.0. The van der Waals surface area contributed by atoms with Gasteiger partial charge in [0.1, 0.15) is 0 Å². The Bertz CT molecular complexity index is 684. The van der Waals surface area contributed by atoms with Crippen LogP contribution in [0.4, 0.5) is 0 Å². The molecule has 0 aliphatic heterocycles. The fourth-order valence-electron chi connectivity index (χ4n) is 3.84. The van der Waals surface area contributed by atoms with Crippen LogP contribution >= 0.6 is 0 Å². The largest absolute Gasteiger partial charge is 0.541 e. The number of carbonyl (C=O) groups excluding carboxylic acids is 2. The molecule has 0 amide bonds. The number of fused-ring (bicyclic) bond motifs is 1. The third-order valence-electron chi connectivity index (χ3n) is 5.58. The summed E-state index contributed by atoms with van der Waals surface area (Å²) in [5, 5.41) is 0. The molecule has 0 aromatic heterocycles. The predicted octanol–water partition coefficient (Wildman–Crippen LogP) is 6.70. The highest BCUT2D eigenvalue weighted by Crippen LogP contribution is 2.35. The number of carbonyl (C=O) groups is 2.